The van der Waals surface area contributed by atoms with Gasteiger partial charge in [0.25, 0.3) is 0 Å². The molecule has 0 aliphatic rings. The summed E-state index contributed by atoms with van der Waals surface area (Å²) in [5, 5.41) is 5.67. The summed E-state index contributed by atoms with van der Waals surface area (Å²) < 4.78 is 0. The van der Waals surface area contributed by atoms with Crippen LogP contribution < -0.4 is 10.6 Å². The van der Waals surface area contributed by atoms with Crippen molar-refractivity contribution in [1.82, 2.24) is 10.6 Å². The number of carbonyl (C=O) groups is 1. The van der Waals surface area contributed by atoms with Gasteiger partial charge in [-0.3, -0.25) is 0 Å². The number of benzene rings is 1. The Morgan fingerprint density at radius 2 is 1.71 bits per heavy atom. The summed E-state index contributed by atoms with van der Waals surface area (Å²) >= 11 is 0. The Labute approximate surface area is 104 Å². The van der Waals surface area contributed by atoms with Crippen LogP contribution in [-0.4, -0.2) is 12.6 Å². The highest BCUT2D eigenvalue weighted by molar-refractivity contribution is 5.73. The molecule has 0 radical (unpaired) electrons. The van der Waals surface area contributed by atoms with Crippen LogP contribution in [0.15, 0.2) is 12.1 Å². The maximum absolute atomic E-state index is 11.4. The normalized spacial score (nSPS) is 10.1. The number of rotatable bonds is 4. The summed E-state index contributed by atoms with van der Waals surface area (Å²) in [7, 11) is 0. The molecule has 0 atom stereocenters. The first-order valence-electron chi connectivity index (χ1n) is 6.13. The molecule has 3 heteroatoms. The topological polar surface area (TPSA) is 41.1 Å². The second-order valence-corrected chi connectivity index (χ2v) is 4.47. The predicted octanol–water partition coefficient (Wildman–Crippen LogP) is 2.82. The van der Waals surface area contributed by atoms with Crippen molar-refractivity contribution in [2.75, 3.05) is 6.54 Å². The van der Waals surface area contributed by atoms with Crippen molar-refractivity contribution < 1.29 is 4.79 Å². The van der Waals surface area contributed by atoms with Crippen molar-refractivity contribution in [2.45, 2.75) is 40.7 Å². The third-order valence-corrected chi connectivity index (χ3v) is 2.93. The lowest BCUT2D eigenvalue weighted by Gasteiger charge is -2.11. The lowest BCUT2D eigenvalue weighted by atomic mass is 10.0. The Bertz CT molecular complexity index is 399. The minimum atomic E-state index is -0.0931. The Morgan fingerprint density at radius 3 is 2.35 bits per heavy atom. The molecule has 1 rings (SSSR count). The van der Waals surface area contributed by atoms with Crippen molar-refractivity contribution in [3.8, 4) is 0 Å². The zero-order chi connectivity index (χ0) is 12.8. The molecule has 2 amide bonds. The summed E-state index contributed by atoms with van der Waals surface area (Å²) in [6.45, 7) is 9.62. The molecule has 1 aromatic carbocycles. The second-order valence-electron chi connectivity index (χ2n) is 4.47. The lowest BCUT2D eigenvalue weighted by Crippen LogP contribution is -2.35. The molecule has 0 unspecified atom stereocenters. The van der Waals surface area contributed by atoms with E-state index in [4.69, 9.17) is 0 Å². The Balaban J connectivity index is 2.57. The van der Waals surface area contributed by atoms with E-state index in [1.54, 1.807) is 0 Å². The summed E-state index contributed by atoms with van der Waals surface area (Å²) in [4.78, 5) is 11.4. The third-order valence-electron chi connectivity index (χ3n) is 2.93. The molecule has 1 aromatic rings. The van der Waals surface area contributed by atoms with Crippen molar-refractivity contribution in [3.63, 3.8) is 0 Å². The van der Waals surface area contributed by atoms with Gasteiger partial charge in [0.05, 0.1) is 0 Å². The maximum Gasteiger partial charge on any atom is 0.315 e. The fourth-order valence-electron chi connectivity index (χ4n) is 1.69. The Hall–Kier alpha value is -1.51. The number of aryl methyl sites for hydroxylation is 3. The van der Waals surface area contributed by atoms with Gasteiger partial charge in [-0.15, -0.1) is 0 Å². The molecule has 0 spiro atoms. The molecule has 0 fully saturated rings. The first kappa shape index (κ1) is 13.6. The SMILES string of the molecule is CCCNC(=O)NCc1cc(C)c(C)cc1C. The van der Waals surface area contributed by atoms with Gasteiger partial charge in [0.2, 0.25) is 0 Å². The average molecular weight is 234 g/mol. The molecule has 17 heavy (non-hydrogen) atoms. The van der Waals surface area contributed by atoms with Gasteiger partial charge in [0, 0.05) is 13.1 Å². The van der Waals surface area contributed by atoms with E-state index < -0.39 is 0 Å². The molecule has 0 heterocycles. The van der Waals surface area contributed by atoms with Crippen LogP contribution in [0.3, 0.4) is 0 Å². The average Bonchev–Trinajstić information content (AvgIpc) is 2.29. The van der Waals surface area contributed by atoms with Crippen molar-refractivity contribution in [1.29, 1.82) is 0 Å². The Kier molecular flexibility index (Phi) is 5.01. The van der Waals surface area contributed by atoms with Gasteiger partial charge in [-0.25, -0.2) is 4.79 Å². The zero-order valence-corrected chi connectivity index (χ0v) is 11.2. The van der Waals surface area contributed by atoms with E-state index >= 15 is 0 Å². The molecular formula is C14H22N2O. The minimum absolute atomic E-state index is 0.0931. The largest absolute Gasteiger partial charge is 0.338 e. The maximum atomic E-state index is 11.4. The van der Waals surface area contributed by atoms with Crippen LogP contribution in [0.2, 0.25) is 0 Å². The van der Waals surface area contributed by atoms with Gasteiger partial charge in [0.15, 0.2) is 0 Å². The standard InChI is InChI=1S/C14H22N2O/c1-5-6-15-14(17)16-9-13-8-11(3)10(2)7-12(13)4/h7-8H,5-6,9H2,1-4H3,(H2,15,16,17). The van der Waals surface area contributed by atoms with Gasteiger partial charge in [0.1, 0.15) is 0 Å². The highest BCUT2D eigenvalue weighted by Crippen LogP contribution is 2.14. The molecule has 0 aliphatic heterocycles. The fourth-order valence-corrected chi connectivity index (χ4v) is 1.69. The number of hydrogen-bond donors (Lipinski definition) is 2. The lowest BCUT2D eigenvalue weighted by molar-refractivity contribution is 0.240. The van der Waals surface area contributed by atoms with Gasteiger partial charge in [-0.2, -0.15) is 0 Å². The third kappa shape index (κ3) is 4.10. The van der Waals surface area contributed by atoms with Crippen molar-refractivity contribution in [3.05, 3.63) is 34.4 Å². The van der Waals surface area contributed by atoms with Gasteiger partial charge >= 0.3 is 6.03 Å². The number of urea groups is 1. The number of nitrogens with one attached hydrogen (secondary N) is 2. The summed E-state index contributed by atoms with van der Waals surface area (Å²) in [5.74, 6) is 0. The van der Waals surface area contributed by atoms with E-state index in [1.807, 2.05) is 6.92 Å². The van der Waals surface area contributed by atoms with E-state index in [-0.39, 0.29) is 6.03 Å². The van der Waals surface area contributed by atoms with Crippen LogP contribution >= 0.6 is 0 Å². The molecule has 0 aromatic heterocycles. The van der Waals surface area contributed by atoms with Gasteiger partial charge in [-0.1, -0.05) is 19.1 Å². The van der Waals surface area contributed by atoms with Crippen molar-refractivity contribution in [2.24, 2.45) is 0 Å². The van der Waals surface area contributed by atoms with Crippen LogP contribution in [0, 0.1) is 20.8 Å². The molecule has 3 nitrogen and oxygen atoms in total. The molecular weight excluding hydrogens is 212 g/mol. The van der Waals surface area contributed by atoms with Crippen LogP contribution in [-0.2, 0) is 6.54 Å². The minimum Gasteiger partial charge on any atom is -0.338 e. The van der Waals surface area contributed by atoms with Crippen molar-refractivity contribution >= 4 is 6.03 Å². The quantitative estimate of drug-likeness (QED) is 0.826. The van der Waals surface area contributed by atoms with E-state index in [2.05, 4.69) is 43.5 Å². The number of carbonyl (C=O) groups excluding carboxylic acids is 1. The van der Waals surface area contributed by atoms with Crippen LogP contribution in [0.1, 0.15) is 35.6 Å². The zero-order valence-electron chi connectivity index (χ0n) is 11.2. The fraction of sp³-hybridized carbons (Fsp3) is 0.500. The summed E-state index contributed by atoms with van der Waals surface area (Å²) in [6.07, 6.45) is 0.954. The summed E-state index contributed by atoms with van der Waals surface area (Å²) in [5.41, 5.74) is 4.96. The monoisotopic (exact) mass is 234 g/mol. The highest BCUT2D eigenvalue weighted by Gasteiger charge is 2.04. The Morgan fingerprint density at radius 1 is 1.06 bits per heavy atom. The van der Waals surface area contributed by atoms with E-state index in [1.165, 1.54) is 22.3 Å². The highest BCUT2D eigenvalue weighted by atomic mass is 16.2. The second kappa shape index (κ2) is 6.28. The van der Waals surface area contributed by atoms with Crippen LogP contribution in [0.5, 0.6) is 0 Å². The van der Waals surface area contributed by atoms with Gasteiger partial charge in [-0.05, 0) is 49.4 Å². The molecule has 94 valence electrons. The van der Waals surface area contributed by atoms with Crippen LogP contribution in [0.4, 0.5) is 4.79 Å². The smallest absolute Gasteiger partial charge is 0.315 e. The van der Waals surface area contributed by atoms with Gasteiger partial charge < -0.3 is 10.6 Å². The molecule has 0 bridgehead atoms. The molecule has 0 saturated carbocycles. The number of hydrogen-bond acceptors (Lipinski definition) is 1. The van der Waals surface area contributed by atoms with Crippen LogP contribution in [0.25, 0.3) is 0 Å². The first-order chi connectivity index (χ1) is 8.04. The van der Waals surface area contributed by atoms with E-state index in [0.29, 0.717) is 6.54 Å². The van der Waals surface area contributed by atoms with E-state index in [0.717, 1.165) is 13.0 Å². The summed E-state index contributed by atoms with van der Waals surface area (Å²) in [6, 6.07) is 4.21. The predicted molar refractivity (Wildman–Crippen MR) is 71.2 cm³/mol. The number of amides is 2. The molecule has 0 saturated heterocycles. The molecule has 0 aliphatic carbocycles. The molecule has 2 N–H and O–H groups in total. The first-order valence-corrected chi connectivity index (χ1v) is 6.13. The van der Waals surface area contributed by atoms with E-state index in [9.17, 15) is 4.79 Å².